The molecule has 1 aromatic rings. The lowest BCUT2D eigenvalue weighted by molar-refractivity contribution is -0.127. The number of amides is 1. The Morgan fingerprint density at radius 3 is 2.68 bits per heavy atom. The second kappa shape index (κ2) is 10.4. The van der Waals surface area contributed by atoms with Gasteiger partial charge in [0.1, 0.15) is 18.5 Å². The molecular formula is C22H31N3O3. The number of hydrogen-bond acceptors (Lipinski definition) is 5. The number of β-amino-alcohol motifs (C(OH)–C–C–N with tert-alkyl or cyclic N) is 1. The Kier molecular flexibility index (Phi) is 7.70. The smallest absolute Gasteiger partial charge is 0.224 e. The number of nitrogens with zero attached hydrogens (tertiary/aromatic N) is 2. The SMILES string of the molecule is N#Cc1ccc(OCC(O)CN2CCCC(C(=O)NC3CCCCC3)C2)cc1. The maximum atomic E-state index is 12.6. The van der Waals surface area contributed by atoms with Gasteiger partial charge in [-0.1, -0.05) is 19.3 Å². The van der Waals surface area contributed by atoms with Crippen LogP contribution in [0.4, 0.5) is 0 Å². The van der Waals surface area contributed by atoms with Crippen LogP contribution < -0.4 is 10.1 Å². The van der Waals surface area contributed by atoms with Gasteiger partial charge in [-0.15, -0.1) is 0 Å². The lowest BCUT2D eigenvalue weighted by Crippen LogP contribution is -2.48. The van der Waals surface area contributed by atoms with E-state index in [1.165, 1.54) is 19.3 Å². The van der Waals surface area contributed by atoms with Gasteiger partial charge in [0.15, 0.2) is 0 Å². The first-order chi connectivity index (χ1) is 13.6. The van der Waals surface area contributed by atoms with Crippen molar-refractivity contribution >= 4 is 5.91 Å². The largest absolute Gasteiger partial charge is 0.491 e. The van der Waals surface area contributed by atoms with Crippen LogP contribution in [0, 0.1) is 17.2 Å². The Bertz CT molecular complexity index is 665. The Morgan fingerprint density at radius 2 is 1.96 bits per heavy atom. The maximum Gasteiger partial charge on any atom is 0.224 e. The molecule has 2 atom stereocenters. The van der Waals surface area contributed by atoms with E-state index in [2.05, 4.69) is 16.3 Å². The highest BCUT2D eigenvalue weighted by atomic mass is 16.5. The third-order valence-electron chi connectivity index (χ3n) is 5.72. The molecule has 1 aliphatic carbocycles. The molecule has 2 unspecified atom stereocenters. The lowest BCUT2D eigenvalue weighted by atomic mass is 9.93. The number of aliphatic hydroxyl groups is 1. The van der Waals surface area contributed by atoms with Gasteiger partial charge in [0.2, 0.25) is 5.91 Å². The molecule has 28 heavy (non-hydrogen) atoms. The average Bonchev–Trinajstić information content (AvgIpc) is 2.73. The number of rotatable bonds is 7. The fourth-order valence-corrected chi connectivity index (χ4v) is 4.17. The Balaban J connectivity index is 1.40. The number of piperidine rings is 1. The summed E-state index contributed by atoms with van der Waals surface area (Å²) >= 11 is 0. The van der Waals surface area contributed by atoms with E-state index in [4.69, 9.17) is 10.00 Å². The van der Waals surface area contributed by atoms with Crippen LogP contribution in [0.5, 0.6) is 5.75 Å². The fourth-order valence-electron chi connectivity index (χ4n) is 4.17. The van der Waals surface area contributed by atoms with Crippen molar-refractivity contribution in [2.75, 3.05) is 26.2 Å². The van der Waals surface area contributed by atoms with E-state index in [9.17, 15) is 9.90 Å². The first-order valence-electron chi connectivity index (χ1n) is 10.5. The molecule has 0 bridgehead atoms. The van der Waals surface area contributed by atoms with Gasteiger partial charge >= 0.3 is 0 Å². The molecule has 1 saturated heterocycles. The number of ether oxygens (including phenoxy) is 1. The zero-order chi connectivity index (χ0) is 19.8. The van der Waals surface area contributed by atoms with Crippen molar-refractivity contribution < 1.29 is 14.6 Å². The number of benzene rings is 1. The van der Waals surface area contributed by atoms with Gasteiger partial charge in [-0.2, -0.15) is 5.26 Å². The van der Waals surface area contributed by atoms with Crippen molar-refractivity contribution in [3.05, 3.63) is 29.8 Å². The minimum atomic E-state index is -0.615. The summed E-state index contributed by atoms with van der Waals surface area (Å²) in [5.41, 5.74) is 0.582. The number of carbonyl (C=O) groups excluding carboxylic acids is 1. The topological polar surface area (TPSA) is 85.6 Å². The second-order valence-electron chi connectivity index (χ2n) is 8.04. The number of carbonyl (C=O) groups is 1. The van der Waals surface area contributed by atoms with Gasteiger partial charge < -0.3 is 15.2 Å². The van der Waals surface area contributed by atoms with Gasteiger partial charge in [0, 0.05) is 19.1 Å². The molecule has 3 rings (SSSR count). The summed E-state index contributed by atoms with van der Waals surface area (Å²) in [4.78, 5) is 14.8. The van der Waals surface area contributed by atoms with Crippen molar-refractivity contribution in [1.82, 2.24) is 10.2 Å². The van der Waals surface area contributed by atoms with E-state index in [1.54, 1.807) is 24.3 Å². The predicted molar refractivity (Wildman–Crippen MR) is 107 cm³/mol. The summed E-state index contributed by atoms with van der Waals surface area (Å²) in [6.45, 7) is 2.30. The van der Waals surface area contributed by atoms with Gasteiger partial charge in [-0.25, -0.2) is 0 Å². The van der Waals surface area contributed by atoms with Crippen LogP contribution in [-0.2, 0) is 4.79 Å². The summed E-state index contributed by atoms with van der Waals surface area (Å²) in [6, 6.07) is 9.28. The zero-order valence-corrected chi connectivity index (χ0v) is 16.5. The molecule has 1 aromatic carbocycles. The standard InChI is InChI=1S/C22H31N3O3/c23-13-17-8-10-21(11-9-17)28-16-20(26)15-25-12-4-5-18(14-25)22(27)24-19-6-2-1-3-7-19/h8-11,18-20,26H,1-7,12,14-16H2,(H,24,27). The molecule has 2 N–H and O–H groups in total. The molecule has 1 heterocycles. The van der Waals surface area contributed by atoms with Crippen LogP contribution >= 0.6 is 0 Å². The van der Waals surface area contributed by atoms with Crippen LogP contribution in [0.1, 0.15) is 50.5 Å². The van der Waals surface area contributed by atoms with Crippen molar-refractivity contribution in [2.45, 2.75) is 57.1 Å². The minimum absolute atomic E-state index is 0.0160. The summed E-state index contributed by atoms with van der Waals surface area (Å²) in [5.74, 6) is 0.837. The molecule has 1 saturated carbocycles. The van der Waals surface area contributed by atoms with Crippen LogP contribution in [-0.4, -0.2) is 54.3 Å². The average molecular weight is 386 g/mol. The van der Waals surface area contributed by atoms with E-state index in [0.29, 0.717) is 30.4 Å². The van der Waals surface area contributed by atoms with Gasteiger partial charge in [-0.3, -0.25) is 9.69 Å². The molecule has 1 aliphatic heterocycles. The van der Waals surface area contributed by atoms with E-state index < -0.39 is 6.10 Å². The third kappa shape index (κ3) is 6.22. The highest BCUT2D eigenvalue weighted by Gasteiger charge is 2.28. The Hall–Kier alpha value is -2.10. The minimum Gasteiger partial charge on any atom is -0.491 e. The molecule has 1 amide bonds. The molecule has 2 aliphatic rings. The van der Waals surface area contributed by atoms with Crippen molar-refractivity contribution in [3.8, 4) is 11.8 Å². The summed E-state index contributed by atoms with van der Waals surface area (Å²) in [6.07, 6.45) is 7.21. The van der Waals surface area contributed by atoms with Crippen molar-refractivity contribution in [1.29, 1.82) is 5.26 Å². The van der Waals surface area contributed by atoms with E-state index in [0.717, 1.165) is 32.2 Å². The Labute approximate surface area is 167 Å². The first kappa shape index (κ1) is 20.6. The fraction of sp³-hybridized carbons (Fsp3) is 0.636. The number of nitrogens with one attached hydrogen (secondary N) is 1. The second-order valence-corrected chi connectivity index (χ2v) is 8.04. The van der Waals surface area contributed by atoms with Crippen LogP contribution in [0.3, 0.4) is 0 Å². The number of likely N-dealkylation sites (tertiary alicyclic amines) is 1. The predicted octanol–water partition coefficient (Wildman–Crippen LogP) is 2.46. The normalized spacial score (nSPS) is 22.2. The van der Waals surface area contributed by atoms with E-state index >= 15 is 0 Å². The molecule has 6 nitrogen and oxygen atoms in total. The van der Waals surface area contributed by atoms with Crippen molar-refractivity contribution in [2.24, 2.45) is 5.92 Å². The highest BCUT2D eigenvalue weighted by molar-refractivity contribution is 5.79. The highest BCUT2D eigenvalue weighted by Crippen LogP contribution is 2.21. The van der Waals surface area contributed by atoms with Crippen LogP contribution in [0.15, 0.2) is 24.3 Å². The third-order valence-corrected chi connectivity index (χ3v) is 5.72. The molecule has 2 fully saturated rings. The monoisotopic (exact) mass is 385 g/mol. The number of hydrogen-bond donors (Lipinski definition) is 2. The molecule has 0 radical (unpaired) electrons. The summed E-state index contributed by atoms with van der Waals surface area (Å²) in [7, 11) is 0. The molecule has 0 spiro atoms. The molecule has 6 heteroatoms. The van der Waals surface area contributed by atoms with Gasteiger partial charge in [0.05, 0.1) is 17.6 Å². The van der Waals surface area contributed by atoms with Crippen LogP contribution in [0.25, 0.3) is 0 Å². The number of aliphatic hydroxyl groups excluding tert-OH is 1. The Morgan fingerprint density at radius 1 is 1.21 bits per heavy atom. The van der Waals surface area contributed by atoms with Gasteiger partial charge in [0.25, 0.3) is 0 Å². The molecular weight excluding hydrogens is 354 g/mol. The first-order valence-corrected chi connectivity index (χ1v) is 10.5. The van der Waals surface area contributed by atoms with Crippen molar-refractivity contribution in [3.63, 3.8) is 0 Å². The van der Waals surface area contributed by atoms with E-state index in [-0.39, 0.29) is 18.4 Å². The quantitative estimate of drug-likeness (QED) is 0.753. The lowest BCUT2D eigenvalue weighted by Gasteiger charge is -2.34. The van der Waals surface area contributed by atoms with Gasteiger partial charge in [-0.05, 0) is 56.5 Å². The summed E-state index contributed by atoms with van der Waals surface area (Å²) in [5, 5.41) is 22.4. The van der Waals surface area contributed by atoms with Crippen LogP contribution in [0.2, 0.25) is 0 Å². The number of nitriles is 1. The molecule has 0 aromatic heterocycles. The van der Waals surface area contributed by atoms with E-state index in [1.807, 2.05) is 0 Å². The zero-order valence-electron chi connectivity index (χ0n) is 16.5. The maximum absolute atomic E-state index is 12.6. The summed E-state index contributed by atoms with van der Waals surface area (Å²) < 4.78 is 5.62. The molecule has 152 valence electrons.